The molecule has 0 aromatic heterocycles. The molecule has 0 saturated heterocycles. The zero-order valence-corrected chi connectivity index (χ0v) is 9.84. The molecule has 0 aromatic carbocycles. The Hall–Kier alpha value is -0.370. The molecule has 0 rings (SSSR count). The van der Waals surface area contributed by atoms with Crippen LogP contribution in [0.25, 0.3) is 0 Å². The Bertz CT molecular complexity index is 102. The molecule has 0 heterocycles. The zero-order chi connectivity index (χ0) is 10.7. The van der Waals surface area contributed by atoms with Gasteiger partial charge in [0.1, 0.15) is 6.29 Å². The molecule has 0 saturated carbocycles. The van der Waals surface area contributed by atoms with Gasteiger partial charge in [-0.25, -0.2) is 0 Å². The zero-order valence-electron chi connectivity index (χ0n) is 9.84. The van der Waals surface area contributed by atoms with Gasteiger partial charge in [-0.2, -0.15) is 0 Å². The summed E-state index contributed by atoms with van der Waals surface area (Å²) in [4.78, 5) is 12.5. The predicted molar refractivity (Wildman–Crippen MR) is 59.0 cm³/mol. The van der Waals surface area contributed by atoms with Crippen molar-refractivity contribution in [1.29, 1.82) is 0 Å². The topological polar surface area (TPSA) is 20.3 Å². The number of nitrogens with zero attached hydrogens (tertiary/aromatic N) is 1. The van der Waals surface area contributed by atoms with Gasteiger partial charge in [-0.15, -0.1) is 0 Å². The second kappa shape index (κ2) is 11.6. The molecule has 1 atom stereocenters. The second-order valence-corrected chi connectivity index (χ2v) is 3.16. The van der Waals surface area contributed by atoms with Gasteiger partial charge in [0.15, 0.2) is 0 Å². The highest BCUT2D eigenvalue weighted by Gasteiger charge is 2.07. The average Bonchev–Trinajstić information content (AvgIpc) is 2.15. The van der Waals surface area contributed by atoms with E-state index in [0.29, 0.717) is 0 Å². The van der Waals surface area contributed by atoms with Crippen molar-refractivity contribution in [3.05, 3.63) is 0 Å². The minimum absolute atomic E-state index is 0.126. The Kier molecular flexibility index (Phi) is 13.5. The summed E-state index contributed by atoms with van der Waals surface area (Å²) in [7, 11) is 3.90. The van der Waals surface area contributed by atoms with Crippen LogP contribution in [-0.4, -0.2) is 31.3 Å². The van der Waals surface area contributed by atoms with Crippen LogP contribution in [0.15, 0.2) is 0 Å². The van der Waals surface area contributed by atoms with E-state index >= 15 is 0 Å². The quantitative estimate of drug-likeness (QED) is 0.471. The van der Waals surface area contributed by atoms with Crippen molar-refractivity contribution in [2.45, 2.75) is 52.5 Å². The number of hydrogen-bond donors (Lipinski definition) is 0. The van der Waals surface area contributed by atoms with E-state index in [2.05, 4.69) is 6.92 Å². The summed E-state index contributed by atoms with van der Waals surface area (Å²) in [6.07, 6.45) is 5.66. The van der Waals surface area contributed by atoms with Gasteiger partial charge < -0.3 is 9.69 Å². The fourth-order valence-corrected chi connectivity index (χ4v) is 1.05. The van der Waals surface area contributed by atoms with Crippen LogP contribution in [0, 0.1) is 0 Å². The molecule has 0 fully saturated rings. The summed E-state index contributed by atoms with van der Waals surface area (Å²) in [5.41, 5.74) is 0. The van der Waals surface area contributed by atoms with E-state index < -0.39 is 0 Å². The molecular formula is C11H25NO. The highest BCUT2D eigenvalue weighted by atomic mass is 16.1. The molecule has 0 aliphatic heterocycles. The van der Waals surface area contributed by atoms with Gasteiger partial charge >= 0.3 is 0 Å². The molecule has 0 bridgehead atoms. The first-order chi connectivity index (χ1) is 6.22. The van der Waals surface area contributed by atoms with E-state index in [1.54, 1.807) is 0 Å². The van der Waals surface area contributed by atoms with Gasteiger partial charge in [0.05, 0.1) is 6.04 Å². The molecule has 2 heteroatoms. The Labute approximate surface area is 83.3 Å². The van der Waals surface area contributed by atoms with Crippen LogP contribution in [0.1, 0.15) is 46.5 Å². The van der Waals surface area contributed by atoms with Crippen LogP contribution in [0.4, 0.5) is 0 Å². The van der Waals surface area contributed by atoms with Gasteiger partial charge in [0.2, 0.25) is 0 Å². The summed E-state index contributed by atoms with van der Waals surface area (Å²) in [5.74, 6) is 0. The van der Waals surface area contributed by atoms with Crippen molar-refractivity contribution in [3.8, 4) is 0 Å². The van der Waals surface area contributed by atoms with E-state index in [1.807, 2.05) is 32.8 Å². The lowest BCUT2D eigenvalue weighted by Crippen LogP contribution is -2.29. The molecule has 0 aliphatic rings. The summed E-state index contributed by atoms with van der Waals surface area (Å²) >= 11 is 0. The minimum Gasteiger partial charge on any atom is -0.302 e. The van der Waals surface area contributed by atoms with E-state index in [1.165, 1.54) is 12.8 Å². The monoisotopic (exact) mass is 187 g/mol. The normalized spacial score (nSPS) is 11.8. The van der Waals surface area contributed by atoms with Gasteiger partial charge in [-0.1, -0.05) is 40.0 Å². The highest BCUT2D eigenvalue weighted by Crippen LogP contribution is 2.04. The van der Waals surface area contributed by atoms with E-state index in [4.69, 9.17) is 0 Å². The van der Waals surface area contributed by atoms with Crippen molar-refractivity contribution in [1.82, 2.24) is 4.90 Å². The van der Waals surface area contributed by atoms with Crippen LogP contribution in [0.3, 0.4) is 0 Å². The predicted octanol–water partition coefficient (Wildman–Crippen LogP) is 2.72. The molecule has 0 N–H and O–H groups in total. The SMILES string of the molecule is CC.CCCCCC(C=O)N(C)C. The molecule has 0 radical (unpaired) electrons. The number of hydrogen-bond acceptors (Lipinski definition) is 2. The molecule has 13 heavy (non-hydrogen) atoms. The Morgan fingerprint density at radius 1 is 1.23 bits per heavy atom. The maximum Gasteiger partial charge on any atom is 0.137 e. The van der Waals surface area contributed by atoms with Crippen molar-refractivity contribution in [2.24, 2.45) is 0 Å². The average molecular weight is 187 g/mol. The molecule has 1 unspecified atom stereocenters. The first kappa shape index (κ1) is 15.1. The number of likely N-dealkylation sites (N-methyl/N-ethyl adjacent to an activating group) is 1. The molecular weight excluding hydrogens is 162 g/mol. The molecule has 0 spiro atoms. The van der Waals surface area contributed by atoms with Gasteiger partial charge in [0, 0.05) is 0 Å². The van der Waals surface area contributed by atoms with Gasteiger partial charge in [0.25, 0.3) is 0 Å². The van der Waals surface area contributed by atoms with Crippen LogP contribution < -0.4 is 0 Å². The summed E-state index contributed by atoms with van der Waals surface area (Å²) in [5, 5.41) is 0. The van der Waals surface area contributed by atoms with Crippen molar-refractivity contribution in [2.75, 3.05) is 14.1 Å². The Morgan fingerprint density at radius 3 is 2.08 bits per heavy atom. The number of carbonyl (C=O) groups excluding carboxylic acids is 1. The fourth-order valence-electron chi connectivity index (χ4n) is 1.05. The Balaban J connectivity index is 0. The fraction of sp³-hybridized carbons (Fsp3) is 0.909. The molecule has 0 aliphatic carbocycles. The molecule has 80 valence electrons. The number of unbranched alkanes of at least 4 members (excludes halogenated alkanes) is 2. The number of carbonyl (C=O) groups is 1. The third-order valence-electron chi connectivity index (χ3n) is 1.92. The molecule has 2 nitrogen and oxygen atoms in total. The molecule has 0 aromatic rings. The lowest BCUT2D eigenvalue weighted by atomic mass is 10.1. The lowest BCUT2D eigenvalue weighted by molar-refractivity contribution is -0.111. The third-order valence-corrected chi connectivity index (χ3v) is 1.92. The molecule has 0 amide bonds. The van der Waals surface area contributed by atoms with E-state index in [-0.39, 0.29) is 6.04 Å². The van der Waals surface area contributed by atoms with Crippen molar-refractivity contribution in [3.63, 3.8) is 0 Å². The maximum atomic E-state index is 10.5. The summed E-state index contributed by atoms with van der Waals surface area (Å²) in [6.45, 7) is 6.17. The van der Waals surface area contributed by atoms with E-state index in [9.17, 15) is 4.79 Å². The van der Waals surface area contributed by atoms with Crippen molar-refractivity contribution < 1.29 is 4.79 Å². The highest BCUT2D eigenvalue weighted by molar-refractivity contribution is 5.57. The van der Waals surface area contributed by atoms with Gasteiger partial charge in [-0.3, -0.25) is 0 Å². The summed E-state index contributed by atoms with van der Waals surface area (Å²) in [6, 6.07) is 0.126. The van der Waals surface area contributed by atoms with Crippen LogP contribution in [-0.2, 0) is 4.79 Å². The third kappa shape index (κ3) is 9.54. The lowest BCUT2D eigenvalue weighted by Gasteiger charge is -2.17. The second-order valence-electron chi connectivity index (χ2n) is 3.16. The first-order valence-corrected chi connectivity index (χ1v) is 5.34. The summed E-state index contributed by atoms with van der Waals surface area (Å²) < 4.78 is 0. The smallest absolute Gasteiger partial charge is 0.137 e. The number of rotatable bonds is 6. The standard InChI is InChI=1S/C9H19NO.C2H6/c1-4-5-6-7-9(8-11)10(2)3;1-2/h8-9H,4-7H2,1-3H3;1-2H3. The van der Waals surface area contributed by atoms with E-state index in [0.717, 1.165) is 19.1 Å². The number of aldehydes is 1. The van der Waals surface area contributed by atoms with Crippen molar-refractivity contribution >= 4 is 6.29 Å². The maximum absolute atomic E-state index is 10.5. The van der Waals surface area contributed by atoms with Crippen LogP contribution in [0.5, 0.6) is 0 Å². The van der Waals surface area contributed by atoms with Crippen LogP contribution in [0.2, 0.25) is 0 Å². The largest absolute Gasteiger partial charge is 0.302 e. The Morgan fingerprint density at radius 2 is 1.77 bits per heavy atom. The van der Waals surface area contributed by atoms with Crippen LogP contribution >= 0.6 is 0 Å². The van der Waals surface area contributed by atoms with Gasteiger partial charge in [-0.05, 0) is 20.5 Å². The minimum atomic E-state index is 0.126. The first-order valence-electron chi connectivity index (χ1n) is 5.34.